The van der Waals surface area contributed by atoms with Gasteiger partial charge in [0.05, 0.1) is 12.5 Å². The van der Waals surface area contributed by atoms with Gasteiger partial charge in [0.15, 0.2) is 11.4 Å². The van der Waals surface area contributed by atoms with Crippen LogP contribution in [-0.4, -0.2) is 60.5 Å². The lowest BCUT2D eigenvalue weighted by molar-refractivity contribution is -0.192. The van der Waals surface area contributed by atoms with Gasteiger partial charge in [-0.05, 0) is 25.6 Å². The number of rotatable bonds is 3. The Morgan fingerprint density at radius 2 is 2.10 bits per heavy atom. The van der Waals surface area contributed by atoms with Crippen molar-refractivity contribution < 1.29 is 32.2 Å². The van der Waals surface area contributed by atoms with Crippen LogP contribution in [0, 0.1) is 0 Å². The number of hydrogen-bond acceptors (Lipinski definition) is 8. The van der Waals surface area contributed by atoms with Crippen LogP contribution in [-0.2, 0) is 4.79 Å². The fourth-order valence-corrected chi connectivity index (χ4v) is 3.23. The number of nitrogens with zero attached hydrogens (tertiary/aromatic N) is 3. The maximum absolute atomic E-state index is 10.6. The van der Waals surface area contributed by atoms with Crippen molar-refractivity contribution in [3.63, 3.8) is 0 Å². The summed E-state index contributed by atoms with van der Waals surface area (Å²) in [4.78, 5) is 19.9. The molecule has 4 N–H and O–H groups in total. The van der Waals surface area contributed by atoms with Gasteiger partial charge in [-0.15, -0.1) is 0 Å². The Morgan fingerprint density at radius 1 is 1.40 bits per heavy atom. The molecule has 1 aliphatic heterocycles. The number of furan rings is 1. The predicted molar refractivity (Wildman–Crippen MR) is 104 cm³/mol. The highest BCUT2D eigenvalue weighted by Crippen LogP contribution is 2.38. The molecule has 12 heteroatoms. The van der Waals surface area contributed by atoms with Crippen LogP contribution in [0.2, 0.25) is 0 Å². The minimum absolute atomic E-state index is 0.244. The summed E-state index contributed by atoms with van der Waals surface area (Å²) in [6.45, 7) is 1.78. The standard InChI is InChI=1S/C16H19N5O2.C2HF3O2/c1-18-9-6-7-21(8-9)15-14-13(19-16(17)20-15)12-10(22-2)4-3-5-11(12)23-14;3-2(4,5)1(6)7/h3-5,9,18H,6-8H2,1-2H3,(H2,17,19,20);(H,6,7)/t9-;/m1./s1. The quantitative estimate of drug-likeness (QED) is 0.577. The maximum Gasteiger partial charge on any atom is 0.490 e. The molecule has 1 atom stereocenters. The van der Waals surface area contributed by atoms with Gasteiger partial charge in [0.1, 0.15) is 16.8 Å². The fourth-order valence-electron chi connectivity index (χ4n) is 3.23. The Labute approximate surface area is 168 Å². The number of anilines is 2. The zero-order valence-electron chi connectivity index (χ0n) is 16.2. The third-order valence-corrected chi connectivity index (χ3v) is 4.66. The summed E-state index contributed by atoms with van der Waals surface area (Å²) in [5.74, 6) is -1.04. The zero-order chi connectivity index (χ0) is 22.1. The van der Waals surface area contributed by atoms with Crippen LogP contribution in [0.1, 0.15) is 6.42 Å². The van der Waals surface area contributed by atoms with E-state index < -0.39 is 12.1 Å². The minimum Gasteiger partial charge on any atom is -0.496 e. The van der Waals surface area contributed by atoms with E-state index in [1.54, 1.807) is 7.11 Å². The molecule has 0 unspecified atom stereocenters. The van der Waals surface area contributed by atoms with Crippen LogP contribution in [0.3, 0.4) is 0 Å². The molecule has 2 aromatic heterocycles. The van der Waals surface area contributed by atoms with E-state index >= 15 is 0 Å². The lowest BCUT2D eigenvalue weighted by Gasteiger charge is -2.17. The highest BCUT2D eigenvalue weighted by molar-refractivity contribution is 6.09. The molecule has 162 valence electrons. The lowest BCUT2D eigenvalue weighted by atomic mass is 10.2. The van der Waals surface area contributed by atoms with Crippen LogP contribution in [0.4, 0.5) is 24.9 Å². The molecule has 1 aromatic carbocycles. The van der Waals surface area contributed by atoms with E-state index in [-0.39, 0.29) is 5.95 Å². The molecule has 3 heterocycles. The number of nitrogens with one attached hydrogen (secondary N) is 1. The summed E-state index contributed by atoms with van der Waals surface area (Å²) in [6, 6.07) is 6.13. The Bertz CT molecular complexity index is 1070. The van der Waals surface area contributed by atoms with Crippen LogP contribution in [0.15, 0.2) is 22.6 Å². The molecule has 0 bridgehead atoms. The van der Waals surface area contributed by atoms with Crippen LogP contribution >= 0.6 is 0 Å². The van der Waals surface area contributed by atoms with Gasteiger partial charge in [0, 0.05) is 19.1 Å². The number of aromatic nitrogens is 2. The van der Waals surface area contributed by atoms with Crippen molar-refractivity contribution in [1.29, 1.82) is 0 Å². The van der Waals surface area contributed by atoms with E-state index in [1.165, 1.54) is 0 Å². The summed E-state index contributed by atoms with van der Waals surface area (Å²) in [5.41, 5.74) is 8.05. The van der Waals surface area contributed by atoms with Gasteiger partial charge in [0.25, 0.3) is 0 Å². The number of aliphatic carboxylic acids is 1. The van der Waals surface area contributed by atoms with Gasteiger partial charge in [-0.1, -0.05) is 6.07 Å². The van der Waals surface area contributed by atoms with Crippen molar-refractivity contribution in [3.8, 4) is 5.75 Å². The fraction of sp³-hybridized carbons (Fsp3) is 0.389. The molecule has 9 nitrogen and oxygen atoms in total. The first-order valence-electron chi connectivity index (χ1n) is 8.90. The summed E-state index contributed by atoms with van der Waals surface area (Å²) in [5, 5.41) is 11.3. The van der Waals surface area contributed by atoms with E-state index in [0.29, 0.717) is 17.1 Å². The Hall–Kier alpha value is -3.28. The molecule has 0 spiro atoms. The number of nitrogen functional groups attached to an aromatic ring is 1. The molecule has 0 amide bonds. The Balaban J connectivity index is 0.000000318. The third kappa shape index (κ3) is 4.17. The summed E-state index contributed by atoms with van der Waals surface area (Å²) in [6.07, 6.45) is -4.02. The molecular weight excluding hydrogens is 407 g/mol. The number of alkyl halides is 3. The van der Waals surface area contributed by atoms with Crippen molar-refractivity contribution in [3.05, 3.63) is 18.2 Å². The van der Waals surface area contributed by atoms with Gasteiger partial charge in [-0.3, -0.25) is 0 Å². The number of likely N-dealkylation sites (N-methyl/N-ethyl adjacent to an activating group) is 1. The van der Waals surface area contributed by atoms with Gasteiger partial charge < -0.3 is 30.2 Å². The van der Waals surface area contributed by atoms with Crippen molar-refractivity contribution in [2.45, 2.75) is 18.6 Å². The van der Waals surface area contributed by atoms with Crippen LogP contribution < -0.4 is 20.7 Å². The van der Waals surface area contributed by atoms with Crippen molar-refractivity contribution in [2.24, 2.45) is 0 Å². The normalized spacial score (nSPS) is 16.6. The lowest BCUT2D eigenvalue weighted by Crippen LogP contribution is -2.30. The predicted octanol–water partition coefficient (Wildman–Crippen LogP) is 2.40. The summed E-state index contributed by atoms with van der Waals surface area (Å²) >= 11 is 0. The van der Waals surface area contributed by atoms with E-state index in [2.05, 4.69) is 20.2 Å². The number of nitrogens with two attached hydrogens (primary N) is 1. The average Bonchev–Trinajstić information content (AvgIpc) is 3.31. The molecule has 1 fully saturated rings. The number of halogens is 3. The maximum atomic E-state index is 10.6. The molecule has 0 aliphatic carbocycles. The number of carboxylic acid groups (broad SMARTS) is 1. The summed E-state index contributed by atoms with van der Waals surface area (Å²) < 4.78 is 43.2. The number of carbonyl (C=O) groups is 1. The molecular formula is C18H20F3N5O4. The second-order valence-corrected chi connectivity index (χ2v) is 6.54. The van der Waals surface area contributed by atoms with Crippen molar-refractivity contribution >= 4 is 39.8 Å². The van der Waals surface area contributed by atoms with Gasteiger partial charge in [0.2, 0.25) is 5.95 Å². The molecule has 1 aliphatic rings. The second kappa shape index (κ2) is 8.22. The molecule has 1 saturated heterocycles. The SMILES string of the molecule is CN[C@@H]1CCN(c2nc(N)nc3c2oc2cccc(OC)c23)C1.O=C(O)C(F)(F)F. The van der Waals surface area contributed by atoms with Crippen molar-refractivity contribution in [2.75, 3.05) is 37.9 Å². The van der Waals surface area contributed by atoms with E-state index in [4.69, 9.17) is 24.8 Å². The average molecular weight is 427 g/mol. The monoisotopic (exact) mass is 427 g/mol. The molecule has 3 aromatic rings. The second-order valence-electron chi connectivity index (χ2n) is 6.54. The zero-order valence-corrected chi connectivity index (χ0v) is 16.2. The third-order valence-electron chi connectivity index (χ3n) is 4.66. The number of methoxy groups -OCH3 is 1. The number of carboxylic acids is 1. The van der Waals surface area contributed by atoms with Crippen molar-refractivity contribution in [1.82, 2.24) is 15.3 Å². The molecule has 30 heavy (non-hydrogen) atoms. The van der Waals surface area contributed by atoms with Gasteiger partial charge in [-0.25, -0.2) is 9.78 Å². The van der Waals surface area contributed by atoms with Gasteiger partial charge in [-0.2, -0.15) is 18.2 Å². The largest absolute Gasteiger partial charge is 0.496 e. The number of ether oxygens (including phenoxy) is 1. The Kier molecular flexibility index (Phi) is 5.87. The number of hydrogen-bond donors (Lipinski definition) is 3. The highest BCUT2D eigenvalue weighted by Gasteiger charge is 2.38. The van der Waals surface area contributed by atoms with E-state index in [0.717, 1.165) is 42.0 Å². The summed E-state index contributed by atoms with van der Waals surface area (Å²) in [7, 11) is 3.61. The smallest absolute Gasteiger partial charge is 0.490 e. The first-order valence-corrected chi connectivity index (χ1v) is 8.90. The van der Waals surface area contributed by atoms with Crippen LogP contribution in [0.5, 0.6) is 5.75 Å². The van der Waals surface area contributed by atoms with Gasteiger partial charge >= 0.3 is 12.1 Å². The molecule has 0 saturated carbocycles. The van der Waals surface area contributed by atoms with E-state index in [9.17, 15) is 13.2 Å². The first-order chi connectivity index (χ1) is 14.2. The first kappa shape index (κ1) is 21.4. The van der Waals surface area contributed by atoms with Crippen LogP contribution in [0.25, 0.3) is 22.1 Å². The van der Waals surface area contributed by atoms with E-state index in [1.807, 2.05) is 25.2 Å². The molecule has 4 rings (SSSR count). The topological polar surface area (TPSA) is 127 Å². The molecule has 0 radical (unpaired) electrons. The number of benzene rings is 1. The number of fused-ring (bicyclic) bond motifs is 3. The minimum atomic E-state index is -5.08. The Morgan fingerprint density at radius 3 is 2.67 bits per heavy atom. The highest BCUT2D eigenvalue weighted by atomic mass is 19.4.